The molecule has 2 nitrogen and oxygen atoms in total. The maximum absolute atomic E-state index is 9.96. The fourth-order valence-electron chi connectivity index (χ4n) is 5.14. The van der Waals surface area contributed by atoms with Gasteiger partial charge in [0.15, 0.2) is 0 Å². The Bertz CT molecular complexity index is 1660. The second-order valence-electron chi connectivity index (χ2n) is 11.9. The summed E-state index contributed by atoms with van der Waals surface area (Å²) in [6.07, 6.45) is 2.80. The van der Waals surface area contributed by atoms with Crippen LogP contribution in [0.4, 0.5) is 0 Å². The van der Waals surface area contributed by atoms with Gasteiger partial charge < -0.3 is 0 Å². The van der Waals surface area contributed by atoms with E-state index in [1.54, 1.807) is 17.5 Å². The van der Waals surface area contributed by atoms with Gasteiger partial charge in [-0.1, -0.05) is 88.1 Å². The van der Waals surface area contributed by atoms with Gasteiger partial charge in [0.2, 0.25) is 0 Å². The predicted molar refractivity (Wildman–Crippen MR) is 156 cm³/mol. The van der Waals surface area contributed by atoms with Gasteiger partial charge in [0.25, 0.3) is 0 Å². The van der Waals surface area contributed by atoms with E-state index in [4.69, 9.17) is 4.98 Å². The number of pyridine rings is 1. The Morgan fingerprint density at radius 2 is 1.71 bits per heavy atom. The topological polar surface area (TPSA) is 36.7 Å². The van der Waals surface area contributed by atoms with Crippen molar-refractivity contribution in [2.45, 2.75) is 53.8 Å². The smallest absolute Gasteiger partial charge is 0.101 e. The third-order valence-electron chi connectivity index (χ3n) is 6.81. The molecule has 5 aromatic rings. The van der Waals surface area contributed by atoms with Crippen LogP contribution < -0.4 is 5.19 Å². The Balaban J connectivity index is 1.84. The van der Waals surface area contributed by atoms with Crippen molar-refractivity contribution in [2.75, 3.05) is 0 Å². The zero-order valence-corrected chi connectivity index (χ0v) is 23.5. The molecule has 0 fully saturated rings. The van der Waals surface area contributed by atoms with E-state index in [1.807, 2.05) is 0 Å². The molecule has 0 amide bonds. The van der Waals surface area contributed by atoms with Crippen molar-refractivity contribution < 1.29 is 0 Å². The highest BCUT2D eigenvalue weighted by Crippen LogP contribution is 2.43. The average Bonchev–Trinajstić information content (AvgIpc) is 3.18. The van der Waals surface area contributed by atoms with Crippen molar-refractivity contribution in [3.05, 3.63) is 71.4 Å². The average molecular weight is 493 g/mol. The molecule has 4 heteroatoms. The molecule has 0 saturated heterocycles. The molecule has 0 saturated carbocycles. The van der Waals surface area contributed by atoms with Crippen LogP contribution in [0.1, 0.15) is 37.5 Å². The molecule has 0 spiro atoms. The van der Waals surface area contributed by atoms with Crippen molar-refractivity contribution in [3.63, 3.8) is 0 Å². The highest BCUT2D eigenvalue weighted by Gasteiger charge is 2.23. The number of hydrogen-bond donors (Lipinski definition) is 0. The second-order valence-corrected chi connectivity index (χ2v) is 18.0. The molecule has 0 bridgehead atoms. The van der Waals surface area contributed by atoms with E-state index in [0.717, 1.165) is 27.8 Å². The molecule has 0 aliphatic rings. The Morgan fingerprint density at radius 3 is 2.40 bits per heavy atom. The molecule has 3 aromatic carbocycles. The lowest BCUT2D eigenvalue weighted by molar-refractivity contribution is 0.410. The van der Waals surface area contributed by atoms with Crippen molar-refractivity contribution in [2.24, 2.45) is 5.41 Å². The summed E-state index contributed by atoms with van der Waals surface area (Å²) >= 11 is 1.80. The Morgan fingerprint density at radius 1 is 0.971 bits per heavy atom. The quantitative estimate of drug-likeness (QED) is 0.236. The van der Waals surface area contributed by atoms with Gasteiger partial charge in [0.05, 0.1) is 24.0 Å². The lowest BCUT2D eigenvalue weighted by atomic mass is 9.86. The van der Waals surface area contributed by atoms with E-state index >= 15 is 0 Å². The zero-order chi connectivity index (χ0) is 25.1. The third-order valence-corrected chi connectivity index (χ3v) is 10.2. The summed E-state index contributed by atoms with van der Waals surface area (Å²) in [7, 11) is -1.60. The number of aromatic nitrogens is 1. The second kappa shape index (κ2) is 8.29. The summed E-state index contributed by atoms with van der Waals surface area (Å²) in [5.41, 5.74) is 5.73. The van der Waals surface area contributed by atoms with Crippen LogP contribution in [0.5, 0.6) is 0 Å². The monoisotopic (exact) mass is 492 g/mol. The first kappa shape index (κ1) is 23.7. The fourth-order valence-corrected chi connectivity index (χ4v) is 8.13. The summed E-state index contributed by atoms with van der Waals surface area (Å²) < 4.78 is 2.39. The number of fused-ring (bicyclic) bond motifs is 4. The number of nitriles is 1. The van der Waals surface area contributed by atoms with Gasteiger partial charge in [-0.15, -0.1) is 11.3 Å². The number of hydrogen-bond acceptors (Lipinski definition) is 3. The van der Waals surface area contributed by atoms with Gasteiger partial charge >= 0.3 is 0 Å². The van der Waals surface area contributed by atoms with E-state index in [-0.39, 0.29) is 5.41 Å². The molecule has 5 rings (SSSR count). The molecular weight excluding hydrogens is 461 g/mol. The lowest BCUT2D eigenvalue weighted by Crippen LogP contribution is -2.38. The van der Waals surface area contributed by atoms with Crippen LogP contribution in [-0.4, -0.2) is 13.1 Å². The van der Waals surface area contributed by atoms with Gasteiger partial charge in [0, 0.05) is 27.2 Å². The van der Waals surface area contributed by atoms with Gasteiger partial charge in [-0.25, -0.2) is 0 Å². The molecule has 0 aliphatic heterocycles. The van der Waals surface area contributed by atoms with Crippen molar-refractivity contribution in [1.82, 2.24) is 4.98 Å². The van der Waals surface area contributed by atoms with Crippen LogP contribution in [0.25, 0.3) is 42.2 Å². The Labute approximate surface area is 213 Å². The molecule has 0 unspecified atom stereocenters. The van der Waals surface area contributed by atoms with Crippen LogP contribution in [0, 0.1) is 23.7 Å². The van der Waals surface area contributed by atoms with Crippen LogP contribution >= 0.6 is 11.3 Å². The predicted octanol–water partition coefficient (Wildman–Crippen LogP) is 8.58. The van der Waals surface area contributed by atoms with Gasteiger partial charge in [0.1, 0.15) is 6.07 Å². The molecule has 0 N–H and O–H groups in total. The maximum atomic E-state index is 9.96. The molecule has 0 radical (unpaired) electrons. The van der Waals surface area contributed by atoms with E-state index < -0.39 is 8.07 Å². The van der Waals surface area contributed by atoms with Crippen molar-refractivity contribution in [3.8, 4) is 17.3 Å². The van der Waals surface area contributed by atoms with Crippen molar-refractivity contribution in [1.29, 1.82) is 5.26 Å². The Hall–Kier alpha value is -3.00. The van der Waals surface area contributed by atoms with Crippen LogP contribution in [0.15, 0.2) is 54.7 Å². The molecule has 2 aromatic heterocycles. The van der Waals surface area contributed by atoms with Gasteiger partial charge in [-0.3, -0.25) is 4.98 Å². The van der Waals surface area contributed by atoms with E-state index in [0.29, 0.717) is 5.56 Å². The van der Waals surface area contributed by atoms with E-state index in [9.17, 15) is 5.26 Å². The van der Waals surface area contributed by atoms with Crippen LogP contribution in [0.3, 0.4) is 0 Å². The SMILES string of the molecule is Cc1c(CC(C)(C)C)ccc2c1sc1c(-c3cc([Si](C)(C)C)c4ccccc4c3)ncc(C#N)c12. The van der Waals surface area contributed by atoms with Gasteiger partial charge in [-0.05, 0) is 46.7 Å². The first-order valence-electron chi connectivity index (χ1n) is 12.3. The third kappa shape index (κ3) is 4.18. The van der Waals surface area contributed by atoms with Crippen LogP contribution in [-0.2, 0) is 6.42 Å². The fraction of sp³-hybridized carbons (Fsp3) is 0.290. The summed E-state index contributed by atoms with van der Waals surface area (Å²) in [6.45, 7) is 16.3. The highest BCUT2D eigenvalue weighted by atomic mass is 32.1. The lowest BCUT2D eigenvalue weighted by Gasteiger charge is -2.21. The molecule has 176 valence electrons. The first-order valence-corrected chi connectivity index (χ1v) is 16.6. The molecule has 0 aliphatic carbocycles. The molecule has 2 heterocycles. The zero-order valence-electron chi connectivity index (χ0n) is 21.7. The molecule has 0 atom stereocenters. The number of nitrogens with zero attached hydrogens (tertiary/aromatic N) is 2. The molecular formula is C31H32N2SSi. The summed E-state index contributed by atoms with van der Waals surface area (Å²) in [6, 6.07) is 20.2. The minimum atomic E-state index is -1.60. The largest absolute Gasteiger partial charge is 0.253 e. The maximum Gasteiger partial charge on any atom is 0.101 e. The number of benzene rings is 3. The van der Waals surface area contributed by atoms with Crippen molar-refractivity contribution >= 4 is 55.5 Å². The number of aryl methyl sites for hydroxylation is 1. The minimum absolute atomic E-state index is 0.220. The number of rotatable bonds is 3. The number of thiophene rings is 1. The standard InChI is InChI=1S/C31H32N2SSi/c1-19-21(16-31(2,3)4)12-13-25-27-23(17-32)18-33-28(30(27)34-29(19)25)22-14-20-10-8-9-11-24(20)26(15-22)35(5,6)7/h8-15,18H,16H2,1-7H3. The molecule has 35 heavy (non-hydrogen) atoms. The van der Waals surface area contributed by atoms with E-state index in [2.05, 4.69) is 102 Å². The summed E-state index contributed by atoms with van der Waals surface area (Å²) in [5, 5.41) is 16.2. The van der Waals surface area contributed by atoms with Crippen LogP contribution in [0.2, 0.25) is 19.6 Å². The summed E-state index contributed by atoms with van der Waals surface area (Å²) in [4.78, 5) is 4.89. The highest BCUT2D eigenvalue weighted by molar-refractivity contribution is 7.26. The Kier molecular flexibility index (Phi) is 5.62. The minimum Gasteiger partial charge on any atom is -0.253 e. The summed E-state index contributed by atoms with van der Waals surface area (Å²) in [5.74, 6) is 0. The van der Waals surface area contributed by atoms with Gasteiger partial charge in [-0.2, -0.15) is 5.26 Å². The first-order chi connectivity index (χ1) is 16.5. The normalized spacial score (nSPS) is 12.5. The van der Waals surface area contributed by atoms with E-state index in [1.165, 1.54) is 37.2 Å².